The first-order valence-electron chi connectivity index (χ1n) is 7.75. The highest BCUT2D eigenvalue weighted by Gasteiger charge is 2.29. The molecule has 3 rings (SSSR count). The second kappa shape index (κ2) is 5.80. The first-order valence-corrected chi connectivity index (χ1v) is 7.75. The van der Waals surface area contributed by atoms with Crippen LogP contribution in [-0.4, -0.2) is 36.9 Å². The average molecular weight is 285 g/mol. The fourth-order valence-electron chi connectivity index (χ4n) is 2.85. The Morgan fingerprint density at radius 3 is 2.62 bits per heavy atom. The molecule has 1 fully saturated rings. The maximum atomic E-state index is 5.87. The number of hydrazone groups is 1. The molecular weight excluding hydrogens is 262 g/mol. The molecule has 2 aliphatic heterocycles. The van der Waals surface area contributed by atoms with Crippen LogP contribution in [0.1, 0.15) is 25.8 Å². The molecule has 0 amide bonds. The van der Waals surface area contributed by atoms with Crippen LogP contribution in [0, 0.1) is 6.92 Å². The minimum Gasteiger partial charge on any atom is -0.477 e. The molecule has 2 aliphatic rings. The van der Waals surface area contributed by atoms with Gasteiger partial charge in [-0.05, 0) is 32.4 Å². The fraction of sp³-hybridized carbons (Fsp3) is 0.471. The van der Waals surface area contributed by atoms with Gasteiger partial charge >= 0.3 is 0 Å². The molecule has 2 heterocycles. The van der Waals surface area contributed by atoms with Gasteiger partial charge in [0.15, 0.2) is 5.88 Å². The maximum absolute atomic E-state index is 5.87. The Balaban J connectivity index is 1.91. The molecule has 4 heteroatoms. The molecule has 0 aliphatic carbocycles. The van der Waals surface area contributed by atoms with E-state index < -0.39 is 0 Å². The van der Waals surface area contributed by atoms with Gasteiger partial charge in [-0.1, -0.05) is 24.6 Å². The van der Waals surface area contributed by atoms with Gasteiger partial charge in [-0.3, -0.25) is 5.01 Å². The Morgan fingerprint density at radius 1 is 1.19 bits per heavy atom. The fourth-order valence-corrected chi connectivity index (χ4v) is 2.85. The number of anilines is 1. The summed E-state index contributed by atoms with van der Waals surface area (Å²) in [4.78, 5) is 2.30. The zero-order valence-corrected chi connectivity index (χ0v) is 13.1. The van der Waals surface area contributed by atoms with Crippen molar-refractivity contribution in [3.05, 3.63) is 41.3 Å². The highest BCUT2D eigenvalue weighted by Crippen LogP contribution is 2.28. The normalized spacial score (nSPS) is 21.8. The van der Waals surface area contributed by atoms with Crippen LogP contribution in [0.3, 0.4) is 0 Å². The van der Waals surface area contributed by atoms with E-state index in [9.17, 15) is 0 Å². The minimum atomic E-state index is 0.786. The molecule has 1 saturated heterocycles. The molecule has 4 nitrogen and oxygen atoms in total. The Morgan fingerprint density at radius 2 is 1.95 bits per heavy atom. The van der Waals surface area contributed by atoms with Crippen molar-refractivity contribution in [3.8, 4) is 0 Å². The van der Waals surface area contributed by atoms with Crippen molar-refractivity contribution < 1.29 is 4.74 Å². The van der Waals surface area contributed by atoms with E-state index in [0.29, 0.717) is 0 Å². The summed E-state index contributed by atoms with van der Waals surface area (Å²) in [7, 11) is 0. The van der Waals surface area contributed by atoms with Crippen molar-refractivity contribution in [2.75, 3.05) is 31.3 Å². The van der Waals surface area contributed by atoms with Crippen LogP contribution in [-0.2, 0) is 4.74 Å². The van der Waals surface area contributed by atoms with E-state index in [4.69, 9.17) is 9.84 Å². The molecule has 1 aromatic rings. The maximum Gasteiger partial charge on any atom is 0.196 e. The SMILES string of the molecule is CCC1=NN(c2ccc(C)cc2)CC1=C1OCCN1CC. The summed E-state index contributed by atoms with van der Waals surface area (Å²) in [5, 5.41) is 6.87. The molecule has 0 atom stereocenters. The van der Waals surface area contributed by atoms with Gasteiger partial charge in [0.2, 0.25) is 0 Å². The summed E-state index contributed by atoms with van der Waals surface area (Å²) in [5.41, 5.74) is 4.80. The Kier molecular flexibility index (Phi) is 3.86. The van der Waals surface area contributed by atoms with Gasteiger partial charge in [0.1, 0.15) is 6.61 Å². The van der Waals surface area contributed by atoms with Gasteiger partial charge in [-0.15, -0.1) is 0 Å². The van der Waals surface area contributed by atoms with Crippen LogP contribution in [0.25, 0.3) is 0 Å². The average Bonchev–Trinajstić information content (AvgIpc) is 3.13. The first-order chi connectivity index (χ1) is 10.2. The largest absolute Gasteiger partial charge is 0.477 e. The molecule has 0 radical (unpaired) electrons. The number of hydrogen-bond donors (Lipinski definition) is 0. The Labute approximate surface area is 126 Å². The smallest absolute Gasteiger partial charge is 0.196 e. The zero-order valence-electron chi connectivity index (χ0n) is 13.1. The lowest BCUT2D eigenvalue weighted by atomic mass is 10.1. The summed E-state index contributed by atoms with van der Waals surface area (Å²) in [5.74, 6) is 1.03. The standard InChI is InChI=1S/C17H23N3O/c1-4-16-15(17-19(5-2)10-11-21-17)12-20(18-16)14-8-6-13(3)7-9-14/h6-9H,4-5,10-12H2,1-3H3. The van der Waals surface area contributed by atoms with Crippen LogP contribution in [0.5, 0.6) is 0 Å². The third kappa shape index (κ3) is 2.62. The van der Waals surface area contributed by atoms with Crippen molar-refractivity contribution in [1.82, 2.24) is 4.90 Å². The number of benzene rings is 1. The van der Waals surface area contributed by atoms with Crippen molar-refractivity contribution in [2.45, 2.75) is 27.2 Å². The summed E-state index contributed by atoms with van der Waals surface area (Å²) in [6.45, 7) is 9.99. The van der Waals surface area contributed by atoms with E-state index in [1.54, 1.807) is 0 Å². The highest BCUT2D eigenvalue weighted by atomic mass is 16.5. The van der Waals surface area contributed by atoms with Crippen LogP contribution < -0.4 is 5.01 Å². The second-order valence-electron chi connectivity index (χ2n) is 5.51. The van der Waals surface area contributed by atoms with Crippen LogP contribution in [0.4, 0.5) is 5.69 Å². The number of rotatable bonds is 3. The molecule has 0 saturated carbocycles. The lowest BCUT2D eigenvalue weighted by molar-refractivity contribution is 0.234. The van der Waals surface area contributed by atoms with E-state index in [1.165, 1.54) is 11.1 Å². The van der Waals surface area contributed by atoms with Gasteiger partial charge < -0.3 is 9.64 Å². The zero-order chi connectivity index (χ0) is 14.8. The van der Waals surface area contributed by atoms with Gasteiger partial charge in [-0.25, -0.2) is 0 Å². The topological polar surface area (TPSA) is 28.1 Å². The lowest BCUT2D eigenvalue weighted by Crippen LogP contribution is -2.22. The molecule has 0 aromatic heterocycles. The number of ether oxygens (including phenoxy) is 1. The molecule has 1 aromatic carbocycles. The van der Waals surface area contributed by atoms with Gasteiger partial charge in [0.05, 0.1) is 30.1 Å². The minimum absolute atomic E-state index is 0.786. The molecule has 21 heavy (non-hydrogen) atoms. The molecular formula is C17H23N3O. The Hall–Kier alpha value is -1.97. The lowest BCUT2D eigenvalue weighted by Gasteiger charge is -2.18. The van der Waals surface area contributed by atoms with Gasteiger partial charge in [0, 0.05) is 6.54 Å². The third-order valence-electron chi connectivity index (χ3n) is 4.09. The predicted molar refractivity (Wildman–Crippen MR) is 86.5 cm³/mol. The number of nitrogens with zero attached hydrogens (tertiary/aromatic N) is 3. The van der Waals surface area contributed by atoms with Crippen molar-refractivity contribution in [2.24, 2.45) is 5.10 Å². The molecule has 112 valence electrons. The van der Waals surface area contributed by atoms with Crippen LogP contribution in [0.2, 0.25) is 0 Å². The first kappa shape index (κ1) is 14.0. The quantitative estimate of drug-likeness (QED) is 0.854. The Bertz CT molecular complexity index is 574. The van der Waals surface area contributed by atoms with Gasteiger partial charge in [0.25, 0.3) is 0 Å². The van der Waals surface area contributed by atoms with Crippen LogP contribution >= 0.6 is 0 Å². The molecule has 0 bridgehead atoms. The summed E-state index contributed by atoms with van der Waals surface area (Å²) >= 11 is 0. The number of hydrogen-bond acceptors (Lipinski definition) is 4. The third-order valence-corrected chi connectivity index (χ3v) is 4.09. The molecule has 0 N–H and O–H groups in total. The second-order valence-corrected chi connectivity index (χ2v) is 5.51. The highest BCUT2D eigenvalue weighted by molar-refractivity contribution is 6.03. The van der Waals surface area contributed by atoms with Crippen molar-refractivity contribution >= 4 is 11.4 Å². The van der Waals surface area contributed by atoms with Crippen molar-refractivity contribution in [3.63, 3.8) is 0 Å². The van der Waals surface area contributed by atoms with E-state index in [0.717, 1.165) is 49.9 Å². The predicted octanol–water partition coefficient (Wildman–Crippen LogP) is 3.14. The van der Waals surface area contributed by atoms with Crippen LogP contribution in [0.15, 0.2) is 40.8 Å². The van der Waals surface area contributed by atoms with Gasteiger partial charge in [-0.2, -0.15) is 5.10 Å². The summed E-state index contributed by atoms with van der Waals surface area (Å²) in [6, 6.07) is 8.53. The molecule has 0 unspecified atom stereocenters. The van der Waals surface area contributed by atoms with E-state index >= 15 is 0 Å². The monoisotopic (exact) mass is 285 g/mol. The van der Waals surface area contributed by atoms with Crippen molar-refractivity contribution in [1.29, 1.82) is 0 Å². The summed E-state index contributed by atoms with van der Waals surface area (Å²) in [6.07, 6.45) is 0.933. The van der Waals surface area contributed by atoms with E-state index in [2.05, 4.69) is 54.9 Å². The van der Waals surface area contributed by atoms with E-state index in [1.807, 2.05) is 0 Å². The number of aryl methyl sites for hydroxylation is 1. The molecule has 0 spiro atoms. The number of likely N-dealkylation sites (N-methyl/N-ethyl adjacent to an activating group) is 1. The van der Waals surface area contributed by atoms with E-state index in [-0.39, 0.29) is 0 Å². The summed E-state index contributed by atoms with van der Waals surface area (Å²) < 4.78 is 5.87.